The third-order valence-electron chi connectivity index (χ3n) is 7.90. The van der Waals surface area contributed by atoms with Crippen LogP contribution in [0.5, 0.6) is 0 Å². The van der Waals surface area contributed by atoms with Crippen molar-refractivity contribution < 1.29 is 22.7 Å². The van der Waals surface area contributed by atoms with Crippen LogP contribution < -0.4 is 16.4 Å². The first-order valence-corrected chi connectivity index (χ1v) is 13.2. The lowest BCUT2D eigenvalue weighted by Gasteiger charge is -2.42. The lowest BCUT2D eigenvalue weighted by Crippen LogP contribution is -2.59. The lowest BCUT2D eigenvalue weighted by atomic mass is 10.0. The van der Waals surface area contributed by atoms with E-state index in [0.717, 1.165) is 36.6 Å². The highest BCUT2D eigenvalue weighted by Gasteiger charge is 2.37. The van der Waals surface area contributed by atoms with E-state index in [9.17, 15) is 18.0 Å². The first-order chi connectivity index (χ1) is 18.9. The van der Waals surface area contributed by atoms with E-state index in [4.69, 9.17) is 16.2 Å². The maximum absolute atomic E-state index is 14.0. The molecular weight excluding hydrogens is 527 g/mol. The molecule has 0 aliphatic carbocycles. The van der Waals surface area contributed by atoms with Crippen molar-refractivity contribution in [1.82, 2.24) is 29.4 Å². The summed E-state index contributed by atoms with van der Waals surface area (Å²) in [4.78, 5) is 26.8. The quantitative estimate of drug-likeness (QED) is 0.463. The molecule has 14 heteroatoms. The number of nitrogens with two attached hydrogens (primary N) is 2. The number of fused-ring (bicyclic) bond motifs is 1. The number of hydrogen-bond acceptors (Lipinski definition) is 9. The van der Waals surface area contributed by atoms with Crippen LogP contribution in [0.25, 0.3) is 16.9 Å². The molecule has 3 aromatic heterocycles. The summed E-state index contributed by atoms with van der Waals surface area (Å²) in [6.45, 7) is 11.1. The van der Waals surface area contributed by atoms with Crippen molar-refractivity contribution in [3.8, 4) is 11.4 Å². The Balaban J connectivity index is 1.52. The largest absolute Gasteiger partial charge is 0.417 e. The minimum atomic E-state index is -4.66. The van der Waals surface area contributed by atoms with E-state index in [2.05, 4.69) is 24.9 Å². The number of halogens is 3. The number of ether oxygens (including phenoxy) is 1. The Hall–Kier alpha value is -3.49. The molecule has 40 heavy (non-hydrogen) atoms. The maximum atomic E-state index is 14.0. The summed E-state index contributed by atoms with van der Waals surface area (Å²) in [6.07, 6.45) is -3.58. The number of nitrogens with zero attached hydrogens (tertiary/aromatic N) is 7. The summed E-state index contributed by atoms with van der Waals surface area (Å²) in [7, 11) is 0. The number of rotatable bonds is 6. The zero-order chi connectivity index (χ0) is 28.8. The fourth-order valence-corrected chi connectivity index (χ4v) is 5.24. The normalized spacial score (nSPS) is 18.0. The summed E-state index contributed by atoms with van der Waals surface area (Å²) in [5.41, 5.74) is 11.8. The number of carbonyl (C=O) groups excluding carboxylic acids is 1. The van der Waals surface area contributed by atoms with Crippen molar-refractivity contribution in [2.75, 3.05) is 63.1 Å². The van der Waals surface area contributed by atoms with Gasteiger partial charge in [0.25, 0.3) is 0 Å². The summed E-state index contributed by atoms with van der Waals surface area (Å²) >= 11 is 0. The van der Waals surface area contributed by atoms with E-state index >= 15 is 0 Å². The molecule has 11 nitrogen and oxygen atoms in total. The van der Waals surface area contributed by atoms with E-state index in [1.807, 2.05) is 31.7 Å². The second-order valence-corrected chi connectivity index (χ2v) is 10.7. The molecule has 0 unspecified atom stereocenters. The number of alkyl halides is 3. The van der Waals surface area contributed by atoms with Crippen LogP contribution in [0.15, 0.2) is 18.3 Å². The molecule has 3 aromatic rings. The predicted octanol–water partition coefficient (Wildman–Crippen LogP) is 1.92. The van der Waals surface area contributed by atoms with Gasteiger partial charge in [-0.1, -0.05) is 0 Å². The smallest absolute Gasteiger partial charge is 0.384 e. The molecule has 0 aromatic carbocycles. The van der Waals surface area contributed by atoms with Gasteiger partial charge in [0, 0.05) is 57.7 Å². The summed E-state index contributed by atoms with van der Waals surface area (Å²) in [5, 5.41) is 4.57. The van der Waals surface area contributed by atoms with Crippen LogP contribution in [0.3, 0.4) is 0 Å². The molecule has 2 aliphatic rings. The van der Waals surface area contributed by atoms with Crippen LogP contribution in [-0.2, 0) is 22.3 Å². The van der Waals surface area contributed by atoms with Gasteiger partial charge in [0.2, 0.25) is 5.91 Å². The summed E-state index contributed by atoms with van der Waals surface area (Å²) in [5.74, 6) is -0.128. The van der Waals surface area contributed by atoms with Crippen LogP contribution in [0, 0.1) is 6.92 Å². The number of nitrogen functional groups attached to an aromatic ring is 1. The monoisotopic (exact) mass is 561 g/mol. The van der Waals surface area contributed by atoms with Crippen LogP contribution in [0.1, 0.15) is 30.7 Å². The highest BCUT2D eigenvalue weighted by Crippen LogP contribution is 2.37. The van der Waals surface area contributed by atoms with Crippen molar-refractivity contribution >= 4 is 23.1 Å². The average Bonchev–Trinajstić information content (AvgIpc) is 3.23. The third kappa shape index (κ3) is 5.30. The molecule has 5 heterocycles. The van der Waals surface area contributed by atoms with Crippen molar-refractivity contribution in [3.63, 3.8) is 0 Å². The zero-order valence-electron chi connectivity index (χ0n) is 22.8. The van der Waals surface area contributed by atoms with Gasteiger partial charge in [0.05, 0.1) is 29.9 Å². The van der Waals surface area contributed by atoms with Crippen molar-refractivity contribution in [3.05, 3.63) is 35.2 Å². The number of carbonyl (C=O) groups is 1. The number of morpholine rings is 1. The molecule has 0 atom stereocenters. The Morgan fingerprint density at radius 2 is 1.75 bits per heavy atom. The molecular formula is C26H34F3N9O2. The highest BCUT2D eigenvalue weighted by molar-refractivity contribution is 5.83. The Morgan fingerprint density at radius 1 is 1.07 bits per heavy atom. The molecule has 0 saturated carbocycles. The van der Waals surface area contributed by atoms with Crippen molar-refractivity contribution in [2.24, 2.45) is 5.73 Å². The predicted molar refractivity (Wildman–Crippen MR) is 144 cm³/mol. The van der Waals surface area contributed by atoms with E-state index in [1.165, 1.54) is 0 Å². The van der Waals surface area contributed by atoms with E-state index in [0.29, 0.717) is 57.3 Å². The van der Waals surface area contributed by atoms with Gasteiger partial charge in [0.15, 0.2) is 11.6 Å². The fraction of sp³-hybridized carbons (Fsp3) is 0.538. The Kier molecular flexibility index (Phi) is 7.35. The van der Waals surface area contributed by atoms with Crippen LogP contribution >= 0.6 is 0 Å². The number of amides is 1. The molecule has 216 valence electrons. The Bertz CT molecular complexity index is 1410. The molecule has 0 radical (unpaired) electrons. The minimum Gasteiger partial charge on any atom is -0.384 e. The molecule has 0 bridgehead atoms. The zero-order valence-corrected chi connectivity index (χ0v) is 22.8. The number of piperazine rings is 1. The summed E-state index contributed by atoms with van der Waals surface area (Å²) < 4.78 is 49.1. The Morgan fingerprint density at radius 3 is 2.38 bits per heavy atom. The lowest BCUT2D eigenvalue weighted by molar-refractivity contribution is -0.137. The second kappa shape index (κ2) is 10.5. The Labute approximate surface area is 229 Å². The van der Waals surface area contributed by atoms with E-state index in [1.54, 1.807) is 4.52 Å². The molecule has 5 rings (SSSR count). The minimum absolute atomic E-state index is 0.0821. The van der Waals surface area contributed by atoms with Gasteiger partial charge < -0.3 is 21.1 Å². The number of pyridine rings is 1. The van der Waals surface area contributed by atoms with Gasteiger partial charge in [-0.3, -0.25) is 14.6 Å². The fourth-order valence-electron chi connectivity index (χ4n) is 5.24. The number of anilines is 2. The van der Waals surface area contributed by atoms with E-state index < -0.39 is 17.3 Å². The van der Waals surface area contributed by atoms with Crippen LogP contribution in [0.2, 0.25) is 0 Å². The van der Waals surface area contributed by atoms with Gasteiger partial charge in [-0.25, -0.2) is 14.5 Å². The molecule has 4 N–H and O–H groups in total. The van der Waals surface area contributed by atoms with Crippen molar-refractivity contribution in [2.45, 2.75) is 39.0 Å². The van der Waals surface area contributed by atoms with Gasteiger partial charge in [-0.15, -0.1) is 5.10 Å². The number of aryl methyl sites for hydroxylation is 1. The van der Waals surface area contributed by atoms with Gasteiger partial charge in [0.1, 0.15) is 11.3 Å². The topological polar surface area (TPSA) is 131 Å². The number of primary amides is 1. The van der Waals surface area contributed by atoms with Gasteiger partial charge in [-0.2, -0.15) is 13.2 Å². The third-order valence-corrected chi connectivity index (χ3v) is 7.90. The average molecular weight is 562 g/mol. The summed E-state index contributed by atoms with van der Waals surface area (Å²) in [6, 6.07) is 2.82. The SMILES string of the molecule is Cc1c(CN2CCN(C(C)(C)C(N)=O)CC2)cc2c(N3CCOCC3)nc(-c3cnc(N)cc3C(F)(F)F)nn12. The van der Waals surface area contributed by atoms with Crippen molar-refractivity contribution in [1.29, 1.82) is 0 Å². The maximum Gasteiger partial charge on any atom is 0.417 e. The molecule has 2 fully saturated rings. The molecule has 2 aliphatic heterocycles. The van der Waals surface area contributed by atoms with E-state index in [-0.39, 0.29) is 23.1 Å². The second-order valence-electron chi connectivity index (χ2n) is 10.7. The first kappa shape index (κ1) is 28.1. The highest BCUT2D eigenvalue weighted by atomic mass is 19.4. The molecule has 2 saturated heterocycles. The number of aromatic nitrogens is 4. The number of hydrogen-bond donors (Lipinski definition) is 2. The standard InChI is InChI=1S/C26H34F3N9O2/c1-16-17(15-35-4-6-37(7-5-35)25(2,3)24(31)39)12-20-23(36-8-10-40-11-9-36)33-22(34-38(16)20)18-14-32-21(30)13-19(18)26(27,28)29/h12-14H,4-11,15H2,1-3H3,(H2,30,32)(H2,31,39). The first-order valence-electron chi connectivity index (χ1n) is 13.2. The van der Waals surface area contributed by atoms with Gasteiger partial charge >= 0.3 is 6.18 Å². The molecule has 1 amide bonds. The van der Waals surface area contributed by atoms with Gasteiger partial charge in [-0.05, 0) is 38.5 Å². The molecule has 0 spiro atoms. The van der Waals surface area contributed by atoms with Crippen LogP contribution in [0.4, 0.5) is 24.8 Å². The van der Waals surface area contributed by atoms with Crippen LogP contribution in [-0.4, -0.2) is 93.3 Å².